The largest absolute Gasteiger partial charge is 0.378 e. The van der Waals surface area contributed by atoms with Crippen LogP contribution >= 0.6 is 11.6 Å². The summed E-state index contributed by atoms with van der Waals surface area (Å²) < 4.78 is 0. The number of hydrogen-bond donors (Lipinski definition) is 0. The number of rotatable bonds is 8. The van der Waals surface area contributed by atoms with Crippen LogP contribution in [-0.2, 0) is 0 Å². The van der Waals surface area contributed by atoms with Crippen molar-refractivity contribution in [3.8, 4) is 0 Å². The first kappa shape index (κ1) is 16.3. The summed E-state index contributed by atoms with van der Waals surface area (Å²) in [6, 6.07) is 8.54. The van der Waals surface area contributed by atoms with Gasteiger partial charge in [-0.2, -0.15) is 0 Å². The van der Waals surface area contributed by atoms with E-state index in [1.54, 1.807) is 0 Å². The third-order valence-electron chi connectivity index (χ3n) is 3.46. The van der Waals surface area contributed by atoms with E-state index >= 15 is 0 Å². The topological polar surface area (TPSA) is 6.48 Å². The van der Waals surface area contributed by atoms with Gasteiger partial charge in [0, 0.05) is 26.3 Å². The van der Waals surface area contributed by atoms with Crippen molar-refractivity contribution < 1.29 is 0 Å². The lowest BCUT2D eigenvalue weighted by Crippen LogP contribution is -2.28. The predicted octanol–water partition coefficient (Wildman–Crippen LogP) is 4.15. The Labute approximate surface area is 123 Å². The highest BCUT2D eigenvalue weighted by Crippen LogP contribution is 2.24. The van der Waals surface area contributed by atoms with Crippen LogP contribution in [0.4, 0.5) is 5.69 Å². The number of halogens is 1. The maximum Gasteiger partial charge on any atom is 0.0712 e. The summed E-state index contributed by atoms with van der Waals surface area (Å²) >= 11 is 6.54. The van der Waals surface area contributed by atoms with Crippen LogP contribution in [0.3, 0.4) is 0 Å². The molecule has 1 rings (SSSR count). The Morgan fingerprint density at radius 2 is 1.74 bits per heavy atom. The quantitative estimate of drug-likeness (QED) is 0.661. The number of anilines is 1. The Kier molecular flexibility index (Phi) is 7.25. The van der Waals surface area contributed by atoms with Crippen LogP contribution in [0.25, 0.3) is 0 Å². The second-order valence-corrected chi connectivity index (χ2v) is 5.73. The summed E-state index contributed by atoms with van der Waals surface area (Å²) in [6.45, 7) is 7.57. The van der Waals surface area contributed by atoms with Gasteiger partial charge in [0.25, 0.3) is 0 Å². The van der Waals surface area contributed by atoms with Gasteiger partial charge in [-0.25, -0.2) is 0 Å². The van der Waals surface area contributed by atoms with Crippen molar-refractivity contribution in [2.75, 3.05) is 38.6 Å². The van der Waals surface area contributed by atoms with Crippen molar-refractivity contribution in [3.05, 3.63) is 29.8 Å². The molecule has 1 aromatic carbocycles. The summed E-state index contributed by atoms with van der Waals surface area (Å²) in [5.74, 6) is 0. The van der Waals surface area contributed by atoms with Crippen molar-refractivity contribution in [1.29, 1.82) is 0 Å². The number of benzene rings is 1. The van der Waals surface area contributed by atoms with Gasteiger partial charge in [0.15, 0.2) is 0 Å². The molecule has 0 N–H and O–H groups in total. The molecule has 1 unspecified atom stereocenters. The minimum Gasteiger partial charge on any atom is -0.378 e. The Morgan fingerprint density at radius 3 is 2.21 bits per heavy atom. The molecule has 0 aliphatic rings. The van der Waals surface area contributed by atoms with Gasteiger partial charge in [0.1, 0.15) is 0 Å². The van der Waals surface area contributed by atoms with Gasteiger partial charge in [0.2, 0.25) is 0 Å². The first-order chi connectivity index (χ1) is 9.08. The van der Waals surface area contributed by atoms with Gasteiger partial charge >= 0.3 is 0 Å². The van der Waals surface area contributed by atoms with Crippen LogP contribution < -0.4 is 4.90 Å². The maximum atomic E-state index is 6.54. The molecule has 1 aromatic rings. The standard InChI is InChI=1S/C16H27ClN2/c1-5-7-12-19(6-2)13-16(17)14-8-10-15(11-9-14)18(3)4/h8-11,16H,5-7,12-13H2,1-4H3. The average Bonchev–Trinajstić information content (AvgIpc) is 2.43. The molecule has 0 saturated carbocycles. The van der Waals surface area contributed by atoms with Crippen molar-refractivity contribution in [2.24, 2.45) is 0 Å². The molecule has 2 nitrogen and oxygen atoms in total. The lowest BCUT2D eigenvalue weighted by molar-refractivity contribution is 0.283. The van der Waals surface area contributed by atoms with E-state index in [9.17, 15) is 0 Å². The van der Waals surface area contributed by atoms with E-state index in [4.69, 9.17) is 11.6 Å². The Bertz CT molecular complexity index is 348. The maximum absolute atomic E-state index is 6.54. The lowest BCUT2D eigenvalue weighted by Gasteiger charge is -2.23. The summed E-state index contributed by atoms with van der Waals surface area (Å²) in [4.78, 5) is 4.54. The second-order valence-electron chi connectivity index (χ2n) is 5.20. The molecule has 0 aromatic heterocycles. The Morgan fingerprint density at radius 1 is 1.11 bits per heavy atom. The fraction of sp³-hybridized carbons (Fsp3) is 0.625. The molecule has 0 amide bonds. The van der Waals surface area contributed by atoms with Crippen LogP contribution in [0.1, 0.15) is 37.6 Å². The molecule has 0 fully saturated rings. The van der Waals surface area contributed by atoms with E-state index in [-0.39, 0.29) is 5.38 Å². The zero-order chi connectivity index (χ0) is 14.3. The summed E-state index contributed by atoms with van der Waals surface area (Å²) in [6.07, 6.45) is 2.48. The first-order valence-electron chi connectivity index (χ1n) is 7.22. The number of hydrogen-bond acceptors (Lipinski definition) is 2. The molecule has 0 aliphatic carbocycles. The summed E-state index contributed by atoms with van der Waals surface area (Å²) in [5, 5.41) is 0.0769. The molecule has 3 heteroatoms. The van der Waals surface area contributed by atoms with Gasteiger partial charge in [-0.1, -0.05) is 32.4 Å². The van der Waals surface area contributed by atoms with Gasteiger partial charge < -0.3 is 9.80 Å². The van der Waals surface area contributed by atoms with E-state index in [1.807, 2.05) is 0 Å². The molecule has 0 spiro atoms. The lowest BCUT2D eigenvalue weighted by atomic mass is 10.1. The molecule has 1 atom stereocenters. The zero-order valence-electron chi connectivity index (χ0n) is 12.7. The van der Waals surface area contributed by atoms with Gasteiger partial charge in [-0.15, -0.1) is 11.6 Å². The normalized spacial score (nSPS) is 12.7. The minimum atomic E-state index is 0.0769. The Hall–Kier alpha value is -0.730. The fourth-order valence-electron chi connectivity index (χ4n) is 2.07. The van der Waals surface area contributed by atoms with Gasteiger partial charge in [0.05, 0.1) is 5.38 Å². The summed E-state index contributed by atoms with van der Waals surface area (Å²) in [5.41, 5.74) is 2.42. The van der Waals surface area contributed by atoms with E-state index in [0.717, 1.165) is 19.6 Å². The molecular formula is C16H27ClN2. The molecule has 0 bridgehead atoms. The summed E-state index contributed by atoms with van der Waals surface area (Å²) in [7, 11) is 4.10. The van der Waals surface area contributed by atoms with Crippen molar-refractivity contribution >= 4 is 17.3 Å². The smallest absolute Gasteiger partial charge is 0.0712 e. The van der Waals surface area contributed by atoms with Crippen LogP contribution in [-0.4, -0.2) is 38.6 Å². The third kappa shape index (κ3) is 5.42. The molecule has 108 valence electrons. The molecular weight excluding hydrogens is 256 g/mol. The minimum absolute atomic E-state index is 0.0769. The number of likely N-dealkylation sites (N-methyl/N-ethyl adjacent to an activating group) is 1. The predicted molar refractivity (Wildman–Crippen MR) is 86.4 cm³/mol. The second kappa shape index (κ2) is 8.44. The zero-order valence-corrected chi connectivity index (χ0v) is 13.5. The van der Waals surface area contributed by atoms with Crippen molar-refractivity contribution in [3.63, 3.8) is 0 Å². The number of nitrogens with zero attached hydrogens (tertiary/aromatic N) is 2. The highest BCUT2D eigenvalue weighted by atomic mass is 35.5. The van der Waals surface area contributed by atoms with E-state index in [1.165, 1.54) is 24.1 Å². The van der Waals surface area contributed by atoms with Crippen molar-refractivity contribution in [1.82, 2.24) is 4.90 Å². The Balaban J connectivity index is 2.58. The van der Waals surface area contributed by atoms with Crippen LogP contribution in [0.15, 0.2) is 24.3 Å². The van der Waals surface area contributed by atoms with E-state index in [0.29, 0.717) is 0 Å². The van der Waals surface area contributed by atoms with Crippen LogP contribution in [0.2, 0.25) is 0 Å². The number of unbranched alkanes of at least 4 members (excludes halogenated alkanes) is 1. The van der Waals surface area contributed by atoms with E-state index < -0.39 is 0 Å². The first-order valence-corrected chi connectivity index (χ1v) is 7.65. The molecule has 0 heterocycles. The van der Waals surface area contributed by atoms with Crippen LogP contribution in [0.5, 0.6) is 0 Å². The fourth-order valence-corrected chi connectivity index (χ4v) is 2.41. The van der Waals surface area contributed by atoms with Crippen molar-refractivity contribution in [2.45, 2.75) is 32.1 Å². The number of alkyl halides is 1. The highest BCUT2D eigenvalue weighted by molar-refractivity contribution is 6.21. The third-order valence-corrected chi connectivity index (χ3v) is 3.85. The van der Waals surface area contributed by atoms with Gasteiger partial charge in [-0.3, -0.25) is 0 Å². The van der Waals surface area contributed by atoms with Gasteiger partial charge in [-0.05, 0) is 37.2 Å². The highest BCUT2D eigenvalue weighted by Gasteiger charge is 2.12. The molecule has 0 saturated heterocycles. The SMILES string of the molecule is CCCCN(CC)CC(Cl)c1ccc(N(C)C)cc1. The average molecular weight is 283 g/mol. The van der Waals surface area contributed by atoms with E-state index in [2.05, 4.69) is 62.0 Å². The molecule has 19 heavy (non-hydrogen) atoms. The van der Waals surface area contributed by atoms with Crippen LogP contribution in [0, 0.1) is 0 Å². The molecule has 0 aliphatic heterocycles. The monoisotopic (exact) mass is 282 g/mol. The molecule has 0 radical (unpaired) electrons.